The van der Waals surface area contributed by atoms with Gasteiger partial charge in [0.15, 0.2) is 0 Å². The molecule has 2 heteroatoms. The van der Waals surface area contributed by atoms with Gasteiger partial charge in [-0.15, -0.1) is 0 Å². The number of ether oxygens (including phenoxy) is 1. The van der Waals surface area contributed by atoms with E-state index in [9.17, 15) is 0 Å². The van der Waals surface area contributed by atoms with Gasteiger partial charge >= 0.3 is 0 Å². The molecule has 17 heavy (non-hydrogen) atoms. The number of benzene rings is 1. The van der Waals surface area contributed by atoms with E-state index in [1.807, 2.05) is 6.92 Å². The van der Waals surface area contributed by atoms with Crippen molar-refractivity contribution in [3.8, 4) is 0 Å². The SMILES string of the molecule is CCC(C)(N)COCc1ccc2c(c1)CCC2. The summed E-state index contributed by atoms with van der Waals surface area (Å²) >= 11 is 0. The van der Waals surface area contributed by atoms with Gasteiger partial charge in [-0.2, -0.15) is 0 Å². The molecular weight excluding hydrogens is 210 g/mol. The maximum atomic E-state index is 6.05. The summed E-state index contributed by atoms with van der Waals surface area (Å²) in [5, 5.41) is 0. The topological polar surface area (TPSA) is 35.2 Å². The zero-order valence-corrected chi connectivity index (χ0v) is 11.0. The lowest BCUT2D eigenvalue weighted by Crippen LogP contribution is -2.40. The third-order valence-corrected chi connectivity index (χ3v) is 3.67. The first-order chi connectivity index (χ1) is 8.11. The Morgan fingerprint density at radius 3 is 2.82 bits per heavy atom. The maximum absolute atomic E-state index is 6.05. The largest absolute Gasteiger partial charge is 0.375 e. The van der Waals surface area contributed by atoms with Crippen LogP contribution >= 0.6 is 0 Å². The number of hydrogen-bond acceptors (Lipinski definition) is 2. The molecule has 2 N–H and O–H groups in total. The van der Waals surface area contributed by atoms with Gasteiger partial charge in [0, 0.05) is 5.54 Å². The summed E-state index contributed by atoms with van der Waals surface area (Å²) in [5.74, 6) is 0. The second-order valence-corrected chi connectivity index (χ2v) is 5.46. The van der Waals surface area contributed by atoms with Crippen molar-refractivity contribution in [2.24, 2.45) is 5.73 Å². The third kappa shape index (κ3) is 3.30. The molecule has 0 amide bonds. The van der Waals surface area contributed by atoms with E-state index in [4.69, 9.17) is 10.5 Å². The molecule has 2 nitrogen and oxygen atoms in total. The first-order valence-electron chi connectivity index (χ1n) is 6.58. The van der Waals surface area contributed by atoms with Gasteiger partial charge in [-0.25, -0.2) is 0 Å². The van der Waals surface area contributed by atoms with Gasteiger partial charge in [0.25, 0.3) is 0 Å². The summed E-state index contributed by atoms with van der Waals surface area (Å²) in [6.45, 7) is 5.44. The quantitative estimate of drug-likeness (QED) is 0.848. The Morgan fingerprint density at radius 1 is 1.29 bits per heavy atom. The average molecular weight is 233 g/mol. The van der Waals surface area contributed by atoms with Crippen LogP contribution in [0.1, 0.15) is 43.4 Å². The fraction of sp³-hybridized carbons (Fsp3) is 0.600. The minimum Gasteiger partial charge on any atom is -0.375 e. The number of aryl methyl sites for hydroxylation is 2. The number of nitrogens with two attached hydrogens (primary N) is 1. The molecule has 0 spiro atoms. The molecule has 1 unspecified atom stereocenters. The number of hydrogen-bond donors (Lipinski definition) is 1. The maximum Gasteiger partial charge on any atom is 0.0717 e. The summed E-state index contributed by atoms with van der Waals surface area (Å²) in [7, 11) is 0. The van der Waals surface area contributed by atoms with Crippen LogP contribution in [0.3, 0.4) is 0 Å². The highest BCUT2D eigenvalue weighted by molar-refractivity contribution is 5.34. The van der Waals surface area contributed by atoms with Crippen LogP contribution in [-0.2, 0) is 24.2 Å². The van der Waals surface area contributed by atoms with Crippen molar-refractivity contribution in [1.29, 1.82) is 0 Å². The molecular formula is C15H23NO. The molecule has 0 aromatic heterocycles. The summed E-state index contributed by atoms with van der Waals surface area (Å²) in [5.41, 5.74) is 10.2. The zero-order chi connectivity index (χ0) is 12.3. The smallest absolute Gasteiger partial charge is 0.0717 e. The molecule has 1 aliphatic carbocycles. The van der Waals surface area contributed by atoms with Gasteiger partial charge in [0.05, 0.1) is 13.2 Å². The molecule has 0 saturated heterocycles. The minimum atomic E-state index is -0.198. The highest BCUT2D eigenvalue weighted by Gasteiger charge is 2.16. The normalized spacial score (nSPS) is 17.8. The molecule has 0 radical (unpaired) electrons. The standard InChI is InChI=1S/C15H23NO/c1-3-15(2,16)11-17-10-12-7-8-13-5-4-6-14(13)9-12/h7-9H,3-6,10-11,16H2,1-2H3. The molecule has 1 aliphatic rings. The van der Waals surface area contributed by atoms with Crippen molar-refractivity contribution in [3.05, 3.63) is 34.9 Å². The van der Waals surface area contributed by atoms with Crippen LogP contribution in [0.2, 0.25) is 0 Å². The molecule has 94 valence electrons. The second kappa shape index (κ2) is 5.19. The van der Waals surface area contributed by atoms with Gasteiger partial charge in [-0.05, 0) is 49.3 Å². The highest BCUT2D eigenvalue weighted by atomic mass is 16.5. The lowest BCUT2D eigenvalue weighted by atomic mass is 10.0. The molecule has 0 saturated carbocycles. The van der Waals surface area contributed by atoms with E-state index in [0.717, 1.165) is 6.42 Å². The average Bonchev–Trinajstić information content (AvgIpc) is 2.76. The molecule has 1 atom stereocenters. The van der Waals surface area contributed by atoms with Crippen LogP contribution in [0.25, 0.3) is 0 Å². The molecule has 2 rings (SSSR count). The van der Waals surface area contributed by atoms with E-state index in [1.54, 1.807) is 0 Å². The molecule has 0 fully saturated rings. The fourth-order valence-corrected chi connectivity index (χ4v) is 2.22. The van der Waals surface area contributed by atoms with E-state index < -0.39 is 0 Å². The predicted molar refractivity (Wildman–Crippen MR) is 71.0 cm³/mol. The van der Waals surface area contributed by atoms with Gasteiger partial charge in [0.2, 0.25) is 0 Å². The Labute approximate surface area is 104 Å². The van der Waals surface area contributed by atoms with E-state index in [1.165, 1.54) is 36.0 Å². The van der Waals surface area contributed by atoms with Gasteiger partial charge < -0.3 is 10.5 Å². The van der Waals surface area contributed by atoms with Crippen molar-refractivity contribution in [3.63, 3.8) is 0 Å². The van der Waals surface area contributed by atoms with E-state index >= 15 is 0 Å². The third-order valence-electron chi connectivity index (χ3n) is 3.67. The molecule has 0 bridgehead atoms. The number of fused-ring (bicyclic) bond motifs is 1. The Kier molecular flexibility index (Phi) is 3.85. The first-order valence-corrected chi connectivity index (χ1v) is 6.58. The molecule has 0 aliphatic heterocycles. The van der Waals surface area contributed by atoms with Gasteiger partial charge in [-0.1, -0.05) is 25.1 Å². The Bertz CT molecular complexity index is 385. The van der Waals surface area contributed by atoms with Crippen LogP contribution in [-0.4, -0.2) is 12.1 Å². The van der Waals surface area contributed by atoms with E-state index in [2.05, 4.69) is 25.1 Å². The summed E-state index contributed by atoms with van der Waals surface area (Å²) < 4.78 is 5.71. The highest BCUT2D eigenvalue weighted by Crippen LogP contribution is 2.23. The van der Waals surface area contributed by atoms with Crippen LogP contribution in [0.15, 0.2) is 18.2 Å². The lowest BCUT2D eigenvalue weighted by Gasteiger charge is -2.22. The zero-order valence-electron chi connectivity index (χ0n) is 11.0. The number of rotatable bonds is 5. The van der Waals surface area contributed by atoms with Crippen molar-refractivity contribution in [1.82, 2.24) is 0 Å². The van der Waals surface area contributed by atoms with Gasteiger partial charge in [0.1, 0.15) is 0 Å². The van der Waals surface area contributed by atoms with Crippen molar-refractivity contribution >= 4 is 0 Å². The van der Waals surface area contributed by atoms with Crippen molar-refractivity contribution in [2.45, 2.75) is 51.7 Å². The summed E-state index contributed by atoms with van der Waals surface area (Å²) in [6.07, 6.45) is 4.72. The van der Waals surface area contributed by atoms with Crippen molar-refractivity contribution < 1.29 is 4.74 Å². The molecule has 0 heterocycles. The van der Waals surface area contributed by atoms with Crippen LogP contribution in [0.4, 0.5) is 0 Å². The Hall–Kier alpha value is -0.860. The monoisotopic (exact) mass is 233 g/mol. The predicted octanol–water partition coefficient (Wildman–Crippen LogP) is 2.82. The molecule has 1 aromatic carbocycles. The lowest BCUT2D eigenvalue weighted by molar-refractivity contribution is 0.0777. The minimum absolute atomic E-state index is 0.198. The van der Waals surface area contributed by atoms with Crippen molar-refractivity contribution in [2.75, 3.05) is 6.61 Å². The van der Waals surface area contributed by atoms with Crippen LogP contribution in [0.5, 0.6) is 0 Å². The van der Waals surface area contributed by atoms with E-state index in [-0.39, 0.29) is 5.54 Å². The Balaban J connectivity index is 1.88. The first kappa shape index (κ1) is 12.6. The van der Waals surface area contributed by atoms with Crippen LogP contribution < -0.4 is 5.73 Å². The summed E-state index contributed by atoms with van der Waals surface area (Å²) in [6, 6.07) is 6.73. The van der Waals surface area contributed by atoms with Gasteiger partial charge in [-0.3, -0.25) is 0 Å². The Morgan fingerprint density at radius 2 is 2.06 bits per heavy atom. The molecule has 1 aromatic rings. The van der Waals surface area contributed by atoms with E-state index in [0.29, 0.717) is 13.2 Å². The fourth-order valence-electron chi connectivity index (χ4n) is 2.22. The summed E-state index contributed by atoms with van der Waals surface area (Å²) in [4.78, 5) is 0. The second-order valence-electron chi connectivity index (χ2n) is 5.46. The van der Waals surface area contributed by atoms with Crippen LogP contribution in [0, 0.1) is 0 Å².